The molecular formula is C22H26N2O2. The summed E-state index contributed by atoms with van der Waals surface area (Å²) in [5, 5.41) is 5.57. The highest BCUT2D eigenvalue weighted by molar-refractivity contribution is 6.04. The third-order valence-electron chi connectivity index (χ3n) is 4.06. The second-order valence-corrected chi connectivity index (χ2v) is 6.19. The molecule has 4 nitrogen and oxygen atoms in total. The van der Waals surface area contributed by atoms with Gasteiger partial charge >= 0.3 is 0 Å². The molecule has 0 bridgehead atoms. The van der Waals surface area contributed by atoms with Crippen LogP contribution < -0.4 is 10.6 Å². The Kier molecular flexibility index (Phi) is 7.62. The van der Waals surface area contributed by atoms with E-state index in [9.17, 15) is 9.59 Å². The zero-order valence-corrected chi connectivity index (χ0v) is 15.3. The fourth-order valence-corrected chi connectivity index (χ4v) is 2.63. The number of aryl methyl sites for hydroxylation is 1. The monoisotopic (exact) mass is 350 g/mol. The van der Waals surface area contributed by atoms with E-state index in [0.717, 1.165) is 12.0 Å². The van der Waals surface area contributed by atoms with Crippen LogP contribution in [0, 0.1) is 0 Å². The number of nitrogens with one attached hydrogen (secondary N) is 2. The number of carbonyl (C=O) groups excluding carboxylic acids is 2. The van der Waals surface area contributed by atoms with Gasteiger partial charge in [0.25, 0.3) is 5.91 Å². The molecule has 0 saturated carbocycles. The molecule has 0 spiro atoms. The third kappa shape index (κ3) is 5.88. The molecular weight excluding hydrogens is 324 g/mol. The second-order valence-electron chi connectivity index (χ2n) is 6.19. The molecule has 2 N–H and O–H groups in total. The first-order valence-corrected chi connectivity index (χ1v) is 8.99. The topological polar surface area (TPSA) is 58.2 Å². The molecule has 0 aliphatic rings. The van der Waals surface area contributed by atoms with Gasteiger partial charge in [-0.3, -0.25) is 9.59 Å². The van der Waals surface area contributed by atoms with E-state index in [1.165, 1.54) is 18.4 Å². The first-order chi connectivity index (χ1) is 12.6. The molecule has 0 aliphatic carbocycles. The summed E-state index contributed by atoms with van der Waals surface area (Å²) in [4.78, 5) is 24.5. The summed E-state index contributed by atoms with van der Waals surface area (Å²) >= 11 is 0. The van der Waals surface area contributed by atoms with E-state index in [1.807, 2.05) is 12.1 Å². The summed E-state index contributed by atoms with van der Waals surface area (Å²) in [5.41, 5.74) is 3.20. The van der Waals surface area contributed by atoms with Gasteiger partial charge in [0, 0.05) is 6.54 Å². The van der Waals surface area contributed by atoms with Gasteiger partial charge in [0.2, 0.25) is 5.91 Å². The molecule has 0 radical (unpaired) electrons. The normalized spacial score (nSPS) is 10.2. The van der Waals surface area contributed by atoms with Crippen LogP contribution in [0.15, 0.2) is 61.2 Å². The van der Waals surface area contributed by atoms with E-state index in [0.29, 0.717) is 17.8 Å². The maximum atomic E-state index is 12.4. The van der Waals surface area contributed by atoms with Crippen molar-refractivity contribution in [2.45, 2.75) is 32.6 Å². The summed E-state index contributed by atoms with van der Waals surface area (Å²) in [5.74, 6) is -0.378. The lowest BCUT2D eigenvalue weighted by atomic mass is 10.0. The molecule has 26 heavy (non-hydrogen) atoms. The lowest BCUT2D eigenvalue weighted by Crippen LogP contribution is -2.25. The molecule has 0 heterocycles. The number of rotatable bonds is 9. The van der Waals surface area contributed by atoms with Crippen molar-refractivity contribution in [3.63, 3.8) is 0 Å². The van der Waals surface area contributed by atoms with Crippen molar-refractivity contribution < 1.29 is 9.59 Å². The SMILES string of the molecule is C=CCNC(=O)c1ccccc1NC(=O)Cc1ccc(CCCC)cc1. The van der Waals surface area contributed by atoms with Crippen molar-refractivity contribution in [1.82, 2.24) is 5.32 Å². The number of para-hydroxylation sites is 1. The van der Waals surface area contributed by atoms with Crippen molar-refractivity contribution in [1.29, 1.82) is 0 Å². The number of carbonyl (C=O) groups is 2. The predicted molar refractivity (Wildman–Crippen MR) is 106 cm³/mol. The van der Waals surface area contributed by atoms with E-state index in [2.05, 4.69) is 36.3 Å². The molecule has 136 valence electrons. The maximum Gasteiger partial charge on any atom is 0.253 e. The summed E-state index contributed by atoms with van der Waals surface area (Å²) in [6, 6.07) is 15.1. The van der Waals surface area contributed by atoms with Gasteiger partial charge in [0.1, 0.15) is 0 Å². The standard InChI is InChI=1S/C22H26N2O2/c1-3-5-8-17-11-13-18(14-12-17)16-21(25)24-20-10-7-6-9-19(20)22(26)23-15-4-2/h4,6-7,9-14H,2-3,5,8,15-16H2,1H3,(H,23,26)(H,24,25). The van der Waals surface area contributed by atoms with Crippen LogP contribution in [-0.2, 0) is 17.6 Å². The fraction of sp³-hybridized carbons (Fsp3) is 0.273. The first-order valence-electron chi connectivity index (χ1n) is 8.99. The van der Waals surface area contributed by atoms with Gasteiger partial charge < -0.3 is 10.6 Å². The van der Waals surface area contributed by atoms with Gasteiger partial charge in [-0.1, -0.05) is 55.8 Å². The summed E-state index contributed by atoms with van der Waals surface area (Å²) in [6.45, 7) is 6.14. The minimum Gasteiger partial charge on any atom is -0.349 e. The largest absolute Gasteiger partial charge is 0.349 e. The van der Waals surface area contributed by atoms with E-state index < -0.39 is 0 Å². The third-order valence-corrected chi connectivity index (χ3v) is 4.06. The molecule has 0 aromatic heterocycles. The van der Waals surface area contributed by atoms with Crippen LogP contribution in [0.4, 0.5) is 5.69 Å². The summed E-state index contributed by atoms with van der Waals surface area (Å²) in [6.07, 6.45) is 5.30. The van der Waals surface area contributed by atoms with Gasteiger partial charge in [0.15, 0.2) is 0 Å². The molecule has 0 atom stereocenters. The number of amides is 2. The molecule has 4 heteroatoms. The van der Waals surface area contributed by atoms with Gasteiger partial charge in [-0.05, 0) is 36.1 Å². The van der Waals surface area contributed by atoms with Crippen molar-refractivity contribution in [2.24, 2.45) is 0 Å². The molecule has 0 saturated heterocycles. The number of unbranched alkanes of at least 4 members (excludes halogenated alkanes) is 1. The number of hydrogen-bond acceptors (Lipinski definition) is 2. The van der Waals surface area contributed by atoms with E-state index in [-0.39, 0.29) is 18.2 Å². The van der Waals surface area contributed by atoms with Crippen LogP contribution >= 0.6 is 0 Å². The van der Waals surface area contributed by atoms with Crippen LogP contribution in [0.2, 0.25) is 0 Å². The fourth-order valence-electron chi connectivity index (χ4n) is 2.63. The smallest absolute Gasteiger partial charge is 0.253 e. The Morgan fingerprint density at radius 2 is 1.73 bits per heavy atom. The number of anilines is 1. The Morgan fingerprint density at radius 1 is 1.04 bits per heavy atom. The van der Waals surface area contributed by atoms with E-state index in [1.54, 1.807) is 30.3 Å². The van der Waals surface area contributed by atoms with Gasteiger partial charge in [0.05, 0.1) is 17.7 Å². The minimum absolute atomic E-state index is 0.143. The maximum absolute atomic E-state index is 12.4. The second kappa shape index (κ2) is 10.2. The van der Waals surface area contributed by atoms with Crippen LogP contribution in [0.25, 0.3) is 0 Å². The highest BCUT2D eigenvalue weighted by atomic mass is 16.2. The van der Waals surface area contributed by atoms with Crippen LogP contribution in [0.1, 0.15) is 41.3 Å². The zero-order chi connectivity index (χ0) is 18.8. The summed E-state index contributed by atoms with van der Waals surface area (Å²) in [7, 11) is 0. The highest BCUT2D eigenvalue weighted by Gasteiger charge is 2.12. The Labute approximate surface area is 155 Å². The first kappa shape index (κ1) is 19.4. The Morgan fingerprint density at radius 3 is 2.42 bits per heavy atom. The minimum atomic E-state index is -0.235. The van der Waals surface area contributed by atoms with Gasteiger partial charge in [-0.15, -0.1) is 6.58 Å². The predicted octanol–water partition coefficient (Wildman–Crippen LogP) is 4.13. The lowest BCUT2D eigenvalue weighted by Gasteiger charge is -2.11. The molecule has 0 fully saturated rings. The van der Waals surface area contributed by atoms with Crippen molar-refractivity contribution in [3.05, 3.63) is 77.9 Å². The summed E-state index contributed by atoms with van der Waals surface area (Å²) < 4.78 is 0. The average Bonchev–Trinajstić information content (AvgIpc) is 2.66. The molecule has 0 unspecified atom stereocenters. The number of benzene rings is 2. The van der Waals surface area contributed by atoms with Crippen LogP contribution in [0.5, 0.6) is 0 Å². The quantitative estimate of drug-likeness (QED) is 0.668. The molecule has 2 rings (SSSR count). The Bertz CT molecular complexity index is 751. The lowest BCUT2D eigenvalue weighted by molar-refractivity contribution is -0.115. The van der Waals surface area contributed by atoms with Crippen LogP contribution in [-0.4, -0.2) is 18.4 Å². The number of hydrogen-bond donors (Lipinski definition) is 2. The average molecular weight is 350 g/mol. The highest BCUT2D eigenvalue weighted by Crippen LogP contribution is 2.16. The van der Waals surface area contributed by atoms with Gasteiger partial charge in [-0.25, -0.2) is 0 Å². The van der Waals surface area contributed by atoms with Crippen molar-refractivity contribution in [2.75, 3.05) is 11.9 Å². The Hall–Kier alpha value is -2.88. The van der Waals surface area contributed by atoms with Crippen LogP contribution in [0.3, 0.4) is 0 Å². The van der Waals surface area contributed by atoms with Gasteiger partial charge in [-0.2, -0.15) is 0 Å². The van der Waals surface area contributed by atoms with E-state index >= 15 is 0 Å². The van der Waals surface area contributed by atoms with Crippen molar-refractivity contribution >= 4 is 17.5 Å². The zero-order valence-electron chi connectivity index (χ0n) is 15.3. The van der Waals surface area contributed by atoms with E-state index in [4.69, 9.17) is 0 Å². The molecule has 2 aromatic carbocycles. The Balaban J connectivity index is 1.99. The molecule has 0 aliphatic heterocycles. The molecule has 2 aromatic rings. The van der Waals surface area contributed by atoms with Crippen molar-refractivity contribution in [3.8, 4) is 0 Å². The molecule has 2 amide bonds.